The molecule has 0 saturated carbocycles. The van der Waals surface area contributed by atoms with Gasteiger partial charge in [-0.05, 0) is 0 Å². The number of hydrogen-bond acceptors (Lipinski definition) is 21. The number of amides is 1. The van der Waals surface area contributed by atoms with Gasteiger partial charge in [0, 0.05) is 6.92 Å². The molecular weight excluding hydrogens is 662 g/mol. The summed E-state index contributed by atoms with van der Waals surface area (Å²) in [7, 11) is 0. The van der Waals surface area contributed by atoms with Crippen molar-refractivity contribution in [1.82, 2.24) is 5.32 Å². The smallest absolute Gasteiger partial charge is 0.217 e. The third-order valence-electron chi connectivity index (χ3n) is 8.61. The number of aliphatic hydroxyl groups excluding tert-OH is 13. The first-order chi connectivity index (χ1) is 22.7. The molecule has 0 aromatic carbocycles. The van der Waals surface area contributed by atoms with Gasteiger partial charge in [-0.2, -0.15) is 0 Å². The molecule has 4 aliphatic heterocycles. The largest absolute Gasteiger partial charge is 0.394 e. The average Bonchev–Trinajstić information content (AvgIpc) is 3.06. The Morgan fingerprint density at radius 2 is 0.896 bits per heavy atom. The summed E-state index contributed by atoms with van der Waals surface area (Å²) in [4.78, 5) is 12.3. The Labute approximate surface area is 272 Å². The Hall–Kier alpha value is -1.33. The van der Waals surface area contributed by atoms with Crippen LogP contribution in [0.3, 0.4) is 0 Å². The Morgan fingerprint density at radius 3 is 1.42 bits per heavy atom. The van der Waals surface area contributed by atoms with Gasteiger partial charge in [-0.25, -0.2) is 0 Å². The van der Waals surface area contributed by atoms with Gasteiger partial charge in [-0.3, -0.25) is 4.79 Å². The lowest BCUT2D eigenvalue weighted by Gasteiger charge is -2.50. The zero-order chi connectivity index (χ0) is 35.6. The van der Waals surface area contributed by atoms with Crippen molar-refractivity contribution in [3.8, 4) is 0 Å². The Bertz CT molecular complexity index is 1030. The van der Waals surface area contributed by atoms with E-state index in [1.807, 2.05) is 0 Å². The van der Waals surface area contributed by atoms with Crippen LogP contribution >= 0.6 is 0 Å². The summed E-state index contributed by atoms with van der Waals surface area (Å²) in [5, 5.41) is 136. The van der Waals surface area contributed by atoms with Crippen LogP contribution in [-0.2, 0) is 38.0 Å². The molecule has 14 N–H and O–H groups in total. The van der Waals surface area contributed by atoms with Crippen LogP contribution < -0.4 is 5.32 Å². The van der Waals surface area contributed by atoms with Crippen molar-refractivity contribution in [3.05, 3.63) is 0 Å². The molecule has 0 aromatic heterocycles. The Kier molecular flexibility index (Phi) is 13.8. The predicted molar refractivity (Wildman–Crippen MR) is 145 cm³/mol. The van der Waals surface area contributed by atoms with Gasteiger partial charge < -0.3 is 105 Å². The third-order valence-corrected chi connectivity index (χ3v) is 8.61. The first-order valence-corrected chi connectivity index (χ1v) is 15.1. The zero-order valence-corrected chi connectivity index (χ0v) is 25.5. The highest BCUT2D eigenvalue weighted by Crippen LogP contribution is 2.34. The summed E-state index contributed by atoms with van der Waals surface area (Å²) in [5.41, 5.74) is 0. The molecule has 0 spiro atoms. The molecule has 0 bridgehead atoms. The van der Waals surface area contributed by atoms with Gasteiger partial charge >= 0.3 is 0 Å². The molecule has 0 aliphatic carbocycles. The quantitative estimate of drug-likeness (QED) is 0.0947. The van der Waals surface area contributed by atoms with Crippen LogP contribution in [-0.4, -0.2) is 221 Å². The minimum Gasteiger partial charge on any atom is -0.394 e. The van der Waals surface area contributed by atoms with E-state index in [-0.39, 0.29) is 0 Å². The highest BCUT2D eigenvalue weighted by atomic mass is 16.8. The van der Waals surface area contributed by atoms with Crippen molar-refractivity contribution < 1.29 is 104 Å². The molecule has 4 rings (SSSR count). The molecule has 4 heterocycles. The van der Waals surface area contributed by atoms with Gasteiger partial charge in [0.2, 0.25) is 5.91 Å². The number of hydrogen-bond donors (Lipinski definition) is 14. The monoisotopic (exact) mass is 707 g/mol. The lowest BCUT2D eigenvalue weighted by molar-refractivity contribution is -0.379. The standard InChI is InChI=1S/C26H45NO21/c1-6(32)27-11-20(46-25-17(38)16(37)12(33)7(2-28)44-25)13(34)9(4-30)43-24(11)47-22-15(36)10(5-31)45-26(19(22)40)48-21-14(35)8(3-29)42-23(41)18(21)39/h7-26,28-31,33-41H,2-5H2,1H3,(H,27,32)/t7-,8-,9-,10-,11-,12+,13-,14-,15+,16+,17-,18-,19-,20-,21+,22+,23?,24+,25+,26+/m1/s1. The maximum atomic E-state index is 12.3. The fraction of sp³-hybridized carbons (Fsp3) is 0.962. The van der Waals surface area contributed by atoms with Crippen molar-refractivity contribution >= 4 is 5.91 Å². The number of carbonyl (C=O) groups is 1. The van der Waals surface area contributed by atoms with Crippen LogP contribution in [0.25, 0.3) is 0 Å². The van der Waals surface area contributed by atoms with Crippen LogP contribution in [0.1, 0.15) is 6.92 Å². The molecule has 1 unspecified atom stereocenters. The van der Waals surface area contributed by atoms with E-state index in [0.717, 1.165) is 6.92 Å². The molecule has 48 heavy (non-hydrogen) atoms. The first kappa shape index (κ1) is 39.5. The fourth-order valence-corrected chi connectivity index (χ4v) is 5.93. The maximum Gasteiger partial charge on any atom is 0.217 e. The molecule has 22 heteroatoms. The number of carbonyl (C=O) groups excluding carboxylic acids is 1. The van der Waals surface area contributed by atoms with Crippen LogP contribution in [0, 0.1) is 0 Å². The molecule has 1 amide bonds. The molecular formula is C26H45NO21. The molecule has 20 atom stereocenters. The first-order valence-electron chi connectivity index (χ1n) is 15.1. The summed E-state index contributed by atoms with van der Waals surface area (Å²) >= 11 is 0. The van der Waals surface area contributed by atoms with Crippen molar-refractivity contribution in [2.75, 3.05) is 26.4 Å². The summed E-state index contributed by atoms with van der Waals surface area (Å²) in [6.45, 7) is -2.39. The van der Waals surface area contributed by atoms with E-state index in [2.05, 4.69) is 5.32 Å². The van der Waals surface area contributed by atoms with E-state index in [9.17, 15) is 71.2 Å². The molecule has 4 saturated heterocycles. The van der Waals surface area contributed by atoms with E-state index in [1.54, 1.807) is 0 Å². The van der Waals surface area contributed by atoms with Crippen molar-refractivity contribution in [2.24, 2.45) is 0 Å². The normalized spacial score (nSPS) is 50.2. The lowest BCUT2D eigenvalue weighted by Crippen LogP contribution is -2.70. The van der Waals surface area contributed by atoms with Gasteiger partial charge in [-0.15, -0.1) is 0 Å². The third kappa shape index (κ3) is 8.08. The fourth-order valence-electron chi connectivity index (χ4n) is 5.93. The van der Waals surface area contributed by atoms with Gasteiger partial charge in [0.05, 0.1) is 26.4 Å². The van der Waals surface area contributed by atoms with Crippen LogP contribution in [0.2, 0.25) is 0 Å². The molecule has 22 nitrogen and oxygen atoms in total. The van der Waals surface area contributed by atoms with Crippen molar-refractivity contribution in [3.63, 3.8) is 0 Å². The van der Waals surface area contributed by atoms with E-state index >= 15 is 0 Å². The number of rotatable bonds is 11. The second kappa shape index (κ2) is 16.8. The highest BCUT2D eigenvalue weighted by Gasteiger charge is 2.55. The van der Waals surface area contributed by atoms with Gasteiger partial charge in [0.15, 0.2) is 25.2 Å². The lowest BCUT2D eigenvalue weighted by atomic mass is 9.94. The number of aliphatic hydroxyl groups is 13. The van der Waals surface area contributed by atoms with Crippen molar-refractivity contribution in [1.29, 1.82) is 0 Å². The Morgan fingerprint density at radius 1 is 0.500 bits per heavy atom. The minimum absolute atomic E-state index is 0.767. The SMILES string of the molecule is CC(=O)N[C@H]1[C@H](O[C@H]2[C@@H](O)[C@@H](CO)O[C@@H](O[C@H]3[C@H](O)[C@@H](CO)OC(O)[C@@H]3O)[C@@H]2O)O[C@H](CO)[C@@H](O)[C@@H]1O[C@@H]1O[C@H](CO)[C@H](O)[C@H](O)[C@H]1O. The molecule has 4 fully saturated rings. The number of nitrogens with one attached hydrogen (secondary N) is 1. The Balaban J connectivity index is 1.61. The van der Waals surface area contributed by atoms with Crippen molar-refractivity contribution in [2.45, 2.75) is 130 Å². The zero-order valence-electron chi connectivity index (χ0n) is 25.5. The number of ether oxygens (including phenoxy) is 7. The summed E-state index contributed by atoms with van der Waals surface area (Å²) in [6.07, 6.45) is -33.9. The van der Waals surface area contributed by atoms with Gasteiger partial charge in [-0.1, -0.05) is 0 Å². The van der Waals surface area contributed by atoms with E-state index in [4.69, 9.17) is 33.2 Å². The van der Waals surface area contributed by atoms with Gasteiger partial charge in [0.1, 0.15) is 97.6 Å². The van der Waals surface area contributed by atoms with Gasteiger partial charge in [0.25, 0.3) is 0 Å². The molecule has 4 aliphatic rings. The predicted octanol–water partition coefficient (Wildman–Crippen LogP) is -9.61. The average molecular weight is 708 g/mol. The molecule has 0 aromatic rings. The molecule has 280 valence electrons. The van der Waals surface area contributed by atoms with Crippen LogP contribution in [0.5, 0.6) is 0 Å². The minimum atomic E-state index is -2.06. The second-order valence-electron chi connectivity index (χ2n) is 11.9. The van der Waals surface area contributed by atoms with Crippen LogP contribution in [0.15, 0.2) is 0 Å². The van der Waals surface area contributed by atoms with E-state index in [0.29, 0.717) is 0 Å². The maximum absolute atomic E-state index is 12.3. The summed E-state index contributed by atoms with van der Waals surface area (Å²) < 4.78 is 38.5. The highest BCUT2D eigenvalue weighted by molar-refractivity contribution is 5.73. The summed E-state index contributed by atoms with van der Waals surface area (Å²) in [6, 6.07) is -1.61. The summed E-state index contributed by atoms with van der Waals surface area (Å²) in [5.74, 6) is -0.767. The van der Waals surface area contributed by atoms with E-state index < -0.39 is 155 Å². The van der Waals surface area contributed by atoms with Crippen LogP contribution in [0.4, 0.5) is 0 Å². The second-order valence-corrected chi connectivity index (χ2v) is 11.9. The van der Waals surface area contributed by atoms with E-state index in [1.165, 1.54) is 0 Å². The topological polar surface area (TPSA) is 357 Å². The molecule has 0 radical (unpaired) electrons.